The third-order valence-corrected chi connectivity index (χ3v) is 2.84. The van der Waals surface area contributed by atoms with Crippen LogP contribution in [0.2, 0.25) is 0 Å². The van der Waals surface area contributed by atoms with Crippen LogP contribution in [0.4, 0.5) is 0 Å². The molecular weight excluding hydrogens is 192 g/mol. The number of halogens is 1. The zero-order valence-corrected chi connectivity index (χ0v) is 8.08. The van der Waals surface area contributed by atoms with Crippen molar-refractivity contribution in [1.82, 2.24) is 0 Å². The highest BCUT2D eigenvalue weighted by Gasteiger charge is 2.14. The molecule has 1 aliphatic heterocycles. The van der Waals surface area contributed by atoms with Crippen LogP contribution in [0.15, 0.2) is 29.2 Å². The second-order valence-electron chi connectivity index (χ2n) is 2.58. The molecule has 0 aliphatic carbocycles. The molecule has 0 spiro atoms. The van der Waals surface area contributed by atoms with Crippen LogP contribution >= 0.6 is 24.2 Å². The molecule has 0 amide bonds. The van der Waals surface area contributed by atoms with E-state index in [2.05, 4.69) is 6.07 Å². The van der Waals surface area contributed by atoms with E-state index in [-0.39, 0.29) is 12.4 Å². The van der Waals surface area contributed by atoms with E-state index in [9.17, 15) is 4.79 Å². The fourth-order valence-corrected chi connectivity index (χ4v) is 2.12. The van der Waals surface area contributed by atoms with Gasteiger partial charge < -0.3 is 0 Å². The van der Waals surface area contributed by atoms with E-state index in [0.29, 0.717) is 11.5 Å². The van der Waals surface area contributed by atoms with E-state index in [0.717, 1.165) is 11.3 Å². The summed E-state index contributed by atoms with van der Waals surface area (Å²) in [5.41, 5.74) is 1.32. The average molecular weight is 201 g/mol. The number of carbonyl (C=O) groups is 1. The molecule has 0 atom stereocenters. The molecule has 64 valence electrons. The lowest BCUT2D eigenvalue weighted by molar-refractivity contribution is -0.111. The normalized spacial score (nSPS) is 14.8. The second-order valence-corrected chi connectivity index (χ2v) is 3.68. The van der Waals surface area contributed by atoms with Gasteiger partial charge in [0, 0.05) is 11.3 Å². The van der Waals surface area contributed by atoms with Crippen LogP contribution in [0.25, 0.3) is 0 Å². The molecule has 0 saturated heterocycles. The molecule has 1 aliphatic rings. The first-order valence-corrected chi connectivity index (χ1v) is 4.46. The molecule has 0 N–H and O–H groups in total. The van der Waals surface area contributed by atoms with Crippen LogP contribution in [0.3, 0.4) is 0 Å². The number of carbonyl (C=O) groups excluding carboxylic acids is 1. The first kappa shape index (κ1) is 9.62. The summed E-state index contributed by atoms with van der Waals surface area (Å²) in [5, 5.41) is 0.295. The van der Waals surface area contributed by atoms with Crippen molar-refractivity contribution in [3.8, 4) is 0 Å². The lowest BCUT2D eigenvalue weighted by atomic mass is 10.1. The van der Waals surface area contributed by atoms with Crippen molar-refractivity contribution in [3.05, 3.63) is 29.8 Å². The topological polar surface area (TPSA) is 17.1 Å². The standard InChI is InChI=1S/C9H8OS.ClH/c10-9-6-5-7-3-1-2-4-8(7)11-9;/h1-4H,5-6H2;1H. The molecule has 1 aromatic carbocycles. The van der Waals surface area contributed by atoms with Crippen molar-refractivity contribution in [1.29, 1.82) is 0 Å². The Hall–Kier alpha value is -0.470. The van der Waals surface area contributed by atoms with E-state index in [1.54, 1.807) is 0 Å². The number of benzene rings is 1. The highest BCUT2D eigenvalue weighted by molar-refractivity contribution is 8.13. The Kier molecular flexibility index (Phi) is 3.18. The first-order chi connectivity index (χ1) is 5.36. The maximum absolute atomic E-state index is 11.0. The lowest BCUT2D eigenvalue weighted by Gasteiger charge is -2.12. The predicted molar refractivity (Wildman–Crippen MR) is 52.9 cm³/mol. The van der Waals surface area contributed by atoms with E-state index < -0.39 is 0 Å². The molecule has 0 fully saturated rings. The Morgan fingerprint density at radius 1 is 1.17 bits per heavy atom. The summed E-state index contributed by atoms with van der Waals surface area (Å²) < 4.78 is 0. The third kappa shape index (κ3) is 1.82. The minimum Gasteiger partial charge on any atom is -0.287 e. The molecule has 1 heterocycles. The minimum absolute atomic E-state index is 0. The van der Waals surface area contributed by atoms with Crippen LogP contribution in [0.5, 0.6) is 0 Å². The molecule has 3 heteroatoms. The Morgan fingerprint density at radius 3 is 2.75 bits per heavy atom. The van der Waals surface area contributed by atoms with Gasteiger partial charge in [-0.1, -0.05) is 30.0 Å². The highest BCUT2D eigenvalue weighted by atomic mass is 35.5. The summed E-state index contributed by atoms with van der Waals surface area (Å²) in [6.07, 6.45) is 1.61. The van der Waals surface area contributed by atoms with E-state index in [4.69, 9.17) is 0 Å². The number of rotatable bonds is 0. The zero-order chi connectivity index (χ0) is 7.68. The fraction of sp³-hybridized carbons (Fsp3) is 0.222. The van der Waals surface area contributed by atoms with Gasteiger partial charge in [-0.25, -0.2) is 0 Å². The number of hydrogen-bond acceptors (Lipinski definition) is 2. The van der Waals surface area contributed by atoms with Gasteiger partial charge in [-0.3, -0.25) is 4.79 Å². The maximum Gasteiger partial charge on any atom is 0.194 e. The molecule has 1 nitrogen and oxygen atoms in total. The maximum atomic E-state index is 11.0. The summed E-state index contributed by atoms with van der Waals surface area (Å²) in [7, 11) is 0. The monoisotopic (exact) mass is 200 g/mol. The van der Waals surface area contributed by atoms with Gasteiger partial charge in [-0.05, 0) is 18.1 Å². The quantitative estimate of drug-likeness (QED) is 0.641. The number of thioether (sulfide) groups is 1. The van der Waals surface area contributed by atoms with Gasteiger partial charge in [-0.2, -0.15) is 0 Å². The van der Waals surface area contributed by atoms with Gasteiger partial charge in [0.15, 0.2) is 5.12 Å². The van der Waals surface area contributed by atoms with Crippen molar-refractivity contribution < 1.29 is 4.79 Å². The Labute approximate surface area is 82.0 Å². The van der Waals surface area contributed by atoms with Gasteiger partial charge in [0.05, 0.1) is 0 Å². The van der Waals surface area contributed by atoms with E-state index >= 15 is 0 Å². The SMILES string of the molecule is Cl.O=C1CCc2ccccc2S1. The zero-order valence-electron chi connectivity index (χ0n) is 6.45. The molecule has 0 unspecified atom stereocenters. The molecule has 0 saturated carbocycles. The molecule has 0 radical (unpaired) electrons. The second kappa shape index (κ2) is 3.97. The summed E-state index contributed by atoms with van der Waals surface area (Å²) >= 11 is 1.37. The van der Waals surface area contributed by atoms with Crippen LogP contribution in [-0.4, -0.2) is 5.12 Å². The highest BCUT2D eigenvalue weighted by Crippen LogP contribution is 2.30. The smallest absolute Gasteiger partial charge is 0.194 e. The molecule has 0 aromatic heterocycles. The average Bonchev–Trinajstić information content (AvgIpc) is 2.04. The minimum atomic E-state index is 0. The lowest BCUT2D eigenvalue weighted by Crippen LogP contribution is -2.02. The number of aryl methyl sites for hydroxylation is 1. The van der Waals surface area contributed by atoms with Crippen LogP contribution in [0, 0.1) is 0 Å². The number of hydrogen-bond donors (Lipinski definition) is 0. The molecule has 2 rings (SSSR count). The van der Waals surface area contributed by atoms with Gasteiger partial charge in [0.2, 0.25) is 0 Å². The van der Waals surface area contributed by atoms with E-state index in [1.807, 2.05) is 18.2 Å². The summed E-state index contributed by atoms with van der Waals surface area (Å²) in [5.74, 6) is 0. The molecular formula is C9H9ClOS. The van der Waals surface area contributed by atoms with Crippen molar-refractivity contribution in [2.24, 2.45) is 0 Å². The van der Waals surface area contributed by atoms with Gasteiger partial charge in [0.25, 0.3) is 0 Å². The van der Waals surface area contributed by atoms with Crippen molar-refractivity contribution in [3.63, 3.8) is 0 Å². The molecule has 1 aromatic rings. The Morgan fingerprint density at radius 2 is 1.92 bits per heavy atom. The third-order valence-electron chi connectivity index (χ3n) is 1.79. The van der Waals surface area contributed by atoms with Crippen molar-refractivity contribution >= 4 is 29.3 Å². The van der Waals surface area contributed by atoms with Crippen molar-refractivity contribution in [2.45, 2.75) is 17.7 Å². The van der Waals surface area contributed by atoms with Crippen molar-refractivity contribution in [2.75, 3.05) is 0 Å². The number of fused-ring (bicyclic) bond motifs is 1. The van der Waals surface area contributed by atoms with Gasteiger partial charge >= 0.3 is 0 Å². The van der Waals surface area contributed by atoms with Crippen LogP contribution in [0.1, 0.15) is 12.0 Å². The van der Waals surface area contributed by atoms with E-state index in [1.165, 1.54) is 17.3 Å². The van der Waals surface area contributed by atoms with Crippen LogP contribution < -0.4 is 0 Å². The Bertz CT molecular complexity index is 298. The van der Waals surface area contributed by atoms with Gasteiger partial charge in [-0.15, -0.1) is 12.4 Å². The molecule has 12 heavy (non-hydrogen) atoms. The van der Waals surface area contributed by atoms with Gasteiger partial charge in [0.1, 0.15) is 0 Å². The summed E-state index contributed by atoms with van der Waals surface area (Å²) in [6, 6.07) is 8.10. The summed E-state index contributed by atoms with van der Waals surface area (Å²) in [4.78, 5) is 12.1. The first-order valence-electron chi connectivity index (χ1n) is 3.65. The fourth-order valence-electron chi connectivity index (χ4n) is 1.22. The van der Waals surface area contributed by atoms with Crippen LogP contribution in [-0.2, 0) is 11.2 Å². The largest absolute Gasteiger partial charge is 0.287 e. The Balaban J connectivity index is 0.000000720. The predicted octanol–water partition coefficient (Wildman–Crippen LogP) is 2.67. The summed E-state index contributed by atoms with van der Waals surface area (Å²) in [6.45, 7) is 0. The molecule has 0 bridgehead atoms.